The zero-order chi connectivity index (χ0) is 27.2. The predicted octanol–water partition coefficient (Wildman–Crippen LogP) is 6.40. The highest BCUT2D eigenvalue weighted by molar-refractivity contribution is 7.14. The third kappa shape index (κ3) is 8.43. The molecule has 0 aliphatic carbocycles. The molecule has 0 aliphatic rings. The van der Waals surface area contributed by atoms with Gasteiger partial charge in [-0.3, -0.25) is 0 Å². The van der Waals surface area contributed by atoms with E-state index in [1.807, 2.05) is 6.07 Å². The van der Waals surface area contributed by atoms with Crippen LogP contribution in [0.1, 0.15) is 19.4 Å². The van der Waals surface area contributed by atoms with Crippen LogP contribution in [-0.2, 0) is 6.18 Å². The Kier molecular flexibility index (Phi) is 9.57. The topological polar surface area (TPSA) is 57.3 Å². The molecule has 0 radical (unpaired) electrons. The normalized spacial score (nSPS) is 12.1. The van der Waals surface area contributed by atoms with Crippen molar-refractivity contribution in [2.24, 2.45) is 0 Å². The summed E-state index contributed by atoms with van der Waals surface area (Å²) in [5.41, 5.74) is 0.551. The van der Waals surface area contributed by atoms with Crippen molar-refractivity contribution < 1.29 is 22.4 Å². The van der Waals surface area contributed by atoms with Gasteiger partial charge < -0.3 is 15.1 Å². The second-order valence-electron chi connectivity index (χ2n) is 9.63. The van der Waals surface area contributed by atoms with Crippen molar-refractivity contribution in [1.29, 1.82) is 0 Å². The van der Waals surface area contributed by atoms with Crippen molar-refractivity contribution >= 4 is 39.8 Å². The van der Waals surface area contributed by atoms with Gasteiger partial charge in [0.05, 0.1) is 50.7 Å². The number of carbonyl (C=O) groups excluding carboxylic acids is 1. The third-order valence-corrected chi connectivity index (χ3v) is 6.76. The van der Waals surface area contributed by atoms with Crippen LogP contribution in [0.5, 0.6) is 0 Å². The Morgan fingerprint density at radius 2 is 1.81 bits per heavy atom. The van der Waals surface area contributed by atoms with Crippen LogP contribution in [0.25, 0.3) is 11.3 Å². The molecule has 37 heavy (non-hydrogen) atoms. The lowest BCUT2D eigenvalue weighted by atomic mass is 10.2. The molecule has 0 saturated heterocycles. The maximum absolute atomic E-state index is 13.4. The fourth-order valence-electron chi connectivity index (χ4n) is 3.60. The molecular formula is C26H32ClF3N5OS+. The number of nitrogens with zero attached hydrogens (tertiary/aromatic N) is 3. The minimum absolute atomic E-state index is 0.0780. The summed E-state index contributed by atoms with van der Waals surface area (Å²) in [6.07, 6.45) is -4.54. The summed E-state index contributed by atoms with van der Waals surface area (Å²) in [5, 5.41) is 8.78. The average molecular weight is 555 g/mol. The number of amides is 2. The van der Waals surface area contributed by atoms with Gasteiger partial charge in [-0.1, -0.05) is 43.6 Å². The molecule has 200 valence electrons. The van der Waals surface area contributed by atoms with Gasteiger partial charge >= 0.3 is 12.2 Å². The third-order valence-electron chi connectivity index (χ3n) is 5.70. The molecule has 0 unspecified atom stereocenters. The average Bonchev–Trinajstić information content (AvgIpc) is 3.28. The second kappa shape index (κ2) is 12.3. The molecule has 2 N–H and O–H groups in total. The van der Waals surface area contributed by atoms with Crippen molar-refractivity contribution in [2.45, 2.75) is 26.1 Å². The Morgan fingerprint density at radius 1 is 1.11 bits per heavy atom. The monoisotopic (exact) mass is 554 g/mol. The molecule has 1 heterocycles. The summed E-state index contributed by atoms with van der Waals surface area (Å²) < 4.78 is 41.0. The molecule has 6 nitrogen and oxygen atoms in total. The molecule has 2 aromatic carbocycles. The number of urea groups is 1. The first kappa shape index (κ1) is 28.9. The molecule has 0 spiro atoms. The standard InChI is InChI=1S/C26H31ClF3N5OS/c1-18(2)31-11-13-35(3,4)14-12-32-24(36)34(22-10-6-8-20(16-22)26(28,29)30)25-33-23(17-37-25)19-7-5-9-21(27)15-19/h5-10,15-18,31H,11-14H2,1-4H3/p+1. The summed E-state index contributed by atoms with van der Waals surface area (Å²) in [7, 11) is 4.13. The molecular weight excluding hydrogens is 523 g/mol. The molecule has 2 amide bonds. The van der Waals surface area contributed by atoms with Crippen LogP contribution in [0, 0.1) is 0 Å². The first-order chi connectivity index (χ1) is 17.4. The number of aromatic nitrogens is 1. The number of hydrogen-bond acceptors (Lipinski definition) is 4. The first-order valence-electron chi connectivity index (χ1n) is 11.9. The predicted molar refractivity (Wildman–Crippen MR) is 145 cm³/mol. The fraction of sp³-hybridized carbons (Fsp3) is 0.385. The van der Waals surface area contributed by atoms with Gasteiger partial charge in [0.25, 0.3) is 0 Å². The number of nitrogens with one attached hydrogen (secondary N) is 2. The summed E-state index contributed by atoms with van der Waals surface area (Å²) in [6, 6.07) is 11.6. The van der Waals surface area contributed by atoms with Crippen molar-refractivity contribution in [3.05, 3.63) is 64.5 Å². The largest absolute Gasteiger partial charge is 0.416 e. The van der Waals surface area contributed by atoms with Crippen molar-refractivity contribution in [3.63, 3.8) is 0 Å². The van der Waals surface area contributed by atoms with Crippen LogP contribution in [0.4, 0.5) is 28.8 Å². The molecule has 3 aromatic rings. The zero-order valence-corrected chi connectivity index (χ0v) is 22.8. The van der Waals surface area contributed by atoms with Crippen LogP contribution in [0.3, 0.4) is 0 Å². The minimum atomic E-state index is -4.54. The number of anilines is 2. The molecule has 0 aliphatic heterocycles. The van der Waals surface area contributed by atoms with Crippen LogP contribution < -0.4 is 15.5 Å². The van der Waals surface area contributed by atoms with E-state index in [2.05, 4.69) is 43.6 Å². The van der Waals surface area contributed by atoms with Crippen molar-refractivity contribution in [2.75, 3.05) is 45.2 Å². The van der Waals surface area contributed by atoms with E-state index < -0.39 is 17.8 Å². The molecule has 0 atom stereocenters. The number of quaternary nitrogens is 1. The SMILES string of the molecule is CC(C)NCC[N+](C)(C)CCNC(=O)N(c1cccc(C(F)(F)F)c1)c1nc(-c2cccc(Cl)c2)cs1. The minimum Gasteiger partial charge on any atom is -0.332 e. The quantitative estimate of drug-likeness (QED) is 0.285. The maximum Gasteiger partial charge on any atom is 0.416 e. The molecule has 0 bridgehead atoms. The van der Waals surface area contributed by atoms with Gasteiger partial charge in [0, 0.05) is 28.6 Å². The van der Waals surface area contributed by atoms with E-state index in [4.69, 9.17) is 11.6 Å². The lowest BCUT2D eigenvalue weighted by Crippen LogP contribution is -2.50. The van der Waals surface area contributed by atoms with E-state index in [-0.39, 0.29) is 10.8 Å². The Balaban J connectivity index is 1.83. The zero-order valence-electron chi connectivity index (χ0n) is 21.3. The Labute approximate surface area is 224 Å². The van der Waals surface area contributed by atoms with Crippen molar-refractivity contribution in [3.8, 4) is 11.3 Å². The summed E-state index contributed by atoms with van der Waals surface area (Å²) in [4.78, 5) is 19.1. The van der Waals surface area contributed by atoms with Gasteiger partial charge in [-0.15, -0.1) is 11.3 Å². The molecule has 0 fully saturated rings. The number of hydrogen-bond donors (Lipinski definition) is 2. The lowest BCUT2D eigenvalue weighted by Gasteiger charge is -2.31. The van der Waals surface area contributed by atoms with E-state index in [1.165, 1.54) is 28.4 Å². The van der Waals surface area contributed by atoms with Gasteiger partial charge in [0.1, 0.15) is 0 Å². The van der Waals surface area contributed by atoms with Gasteiger partial charge in [0.2, 0.25) is 0 Å². The summed E-state index contributed by atoms with van der Waals surface area (Å²) in [5.74, 6) is 0. The molecule has 0 saturated carbocycles. The highest BCUT2D eigenvalue weighted by atomic mass is 35.5. The number of likely N-dealkylation sites (N-methyl/N-ethyl adjacent to an activating group) is 1. The number of carbonyl (C=O) groups is 1. The van der Waals surface area contributed by atoms with Crippen LogP contribution >= 0.6 is 22.9 Å². The number of alkyl halides is 3. The number of halogens is 4. The van der Waals surface area contributed by atoms with E-state index in [9.17, 15) is 18.0 Å². The van der Waals surface area contributed by atoms with Crippen LogP contribution in [-0.4, -0.2) is 61.8 Å². The van der Waals surface area contributed by atoms with Gasteiger partial charge in [-0.05, 0) is 30.3 Å². The first-order valence-corrected chi connectivity index (χ1v) is 13.1. The van der Waals surface area contributed by atoms with Gasteiger partial charge in [-0.2, -0.15) is 13.2 Å². The van der Waals surface area contributed by atoms with Gasteiger partial charge in [-0.25, -0.2) is 14.7 Å². The summed E-state index contributed by atoms with van der Waals surface area (Å²) in [6.45, 7) is 6.85. The lowest BCUT2D eigenvalue weighted by molar-refractivity contribution is -0.887. The Hall–Kier alpha value is -2.66. The molecule has 3 rings (SSSR count). The van der Waals surface area contributed by atoms with Gasteiger partial charge in [0.15, 0.2) is 5.13 Å². The Bertz CT molecular complexity index is 1200. The van der Waals surface area contributed by atoms with E-state index in [0.717, 1.165) is 30.8 Å². The highest BCUT2D eigenvalue weighted by Crippen LogP contribution is 2.36. The highest BCUT2D eigenvalue weighted by Gasteiger charge is 2.32. The smallest absolute Gasteiger partial charge is 0.332 e. The van der Waals surface area contributed by atoms with Crippen LogP contribution in [0.15, 0.2) is 53.9 Å². The Morgan fingerprint density at radius 3 is 2.49 bits per heavy atom. The second-order valence-corrected chi connectivity index (χ2v) is 10.9. The van der Waals surface area contributed by atoms with E-state index >= 15 is 0 Å². The summed E-state index contributed by atoms with van der Waals surface area (Å²) >= 11 is 7.27. The molecule has 1 aromatic heterocycles. The molecule has 11 heteroatoms. The van der Waals surface area contributed by atoms with E-state index in [1.54, 1.807) is 23.6 Å². The number of rotatable bonds is 10. The van der Waals surface area contributed by atoms with Crippen LogP contribution in [0.2, 0.25) is 5.02 Å². The van der Waals surface area contributed by atoms with E-state index in [0.29, 0.717) is 34.3 Å². The maximum atomic E-state index is 13.4. The number of thiazole rings is 1. The van der Waals surface area contributed by atoms with Crippen molar-refractivity contribution in [1.82, 2.24) is 15.6 Å². The number of benzene rings is 2. The fourth-order valence-corrected chi connectivity index (χ4v) is 4.64.